The van der Waals surface area contributed by atoms with Crippen molar-refractivity contribution in [1.82, 2.24) is 19.9 Å². The summed E-state index contributed by atoms with van der Waals surface area (Å²) in [6.45, 7) is 7.14. The van der Waals surface area contributed by atoms with Crippen LogP contribution in [-0.2, 0) is 25.9 Å². The minimum atomic E-state index is -0.864. The van der Waals surface area contributed by atoms with Crippen LogP contribution < -0.4 is 11.1 Å². The van der Waals surface area contributed by atoms with E-state index < -0.39 is 5.60 Å². The van der Waals surface area contributed by atoms with Gasteiger partial charge in [0.25, 0.3) is 0 Å². The van der Waals surface area contributed by atoms with Crippen molar-refractivity contribution in [2.75, 3.05) is 12.8 Å². The van der Waals surface area contributed by atoms with Crippen LogP contribution in [0.25, 0.3) is 21.9 Å². The van der Waals surface area contributed by atoms with Crippen molar-refractivity contribution < 1.29 is 5.11 Å². The monoisotopic (exact) mass is 445 g/mol. The molecule has 0 unspecified atom stereocenters. The molecule has 33 heavy (non-hydrogen) atoms. The molecule has 6 nitrogen and oxygen atoms in total. The van der Waals surface area contributed by atoms with E-state index in [-0.39, 0.29) is 0 Å². The van der Waals surface area contributed by atoms with Gasteiger partial charge in [0.1, 0.15) is 11.3 Å². The third-order valence-electron chi connectivity index (χ3n) is 5.93. The predicted molar refractivity (Wildman–Crippen MR) is 136 cm³/mol. The maximum atomic E-state index is 10.6. The Morgan fingerprint density at radius 2 is 1.82 bits per heavy atom. The summed E-state index contributed by atoms with van der Waals surface area (Å²) in [5.41, 5.74) is 11.8. The first kappa shape index (κ1) is 23.2. The van der Waals surface area contributed by atoms with Crippen molar-refractivity contribution in [1.29, 1.82) is 0 Å². The second-order valence-electron chi connectivity index (χ2n) is 9.60. The molecule has 6 heteroatoms. The van der Waals surface area contributed by atoms with Crippen molar-refractivity contribution in [3.8, 4) is 0 Å². The molecular weight excluding hydrogens is 410 g/mol. The van der Waals surface area contributed by atoms with Gasteiger partial charge in [0.05, 0.1) is 23.2 Å². The van der Waals surface area contributed by atoms with Crippen LogP contribution in [0.1, 0.15) is 56.1 Å². The molecule has 0 fully saturated rings. The second kappa shape index (κ2) is 9.49. The number of rotatable bonds is 9. The average Bonchev–Trinajstić information content (AvgIpc) is 3.10. The Labute approximate surface area is 195 Å². The first-order chi connectivity index (χ1) is 15.8. The summed E-state index contributed by atoms with van der Waals surface area (Å²) in [6, 6.07) is 15.1. The van der Waals surface area contributed by atoms with E-state index >= 15 is 0 Å². The Kier molecular flexibility index (Phi) is 6.68. The van der Waals surface area contributed by atoms with Gasteiger partial charge in [0.15, 0.2) is 5.82 Å². The van der Waals surface area contributed by atoms with Gasteiger partial charge in [0, 0.05) is 18.4 Å². The number of nitrogens with two attached hydrogens (primary N) is 1. The van der Waals surface area contributed by atoms with Gasteiger partial charge in [-0.05, 0) is 56.5 Å². The van der Waals surface area contributed by atoms with Gasteiger partial charge >= 0.3 is 0 Å². The fourth-order valence-electron chi connectivity index (χ4n) is 4.49. The number of imidazole rings is 1. The van der Waals surface area contributed by atoms with Gasteiger partial charge < -0.3 is 20.7 Å². The fourth-order valence-corrected chi connectivity index (χ4v) is 4.49. The Bertz CT molecular complexity index is 1270. The van der Waals surface area contributed by atoms with Crippen molar-refractivity contribution in [2.45, 2.75) is 65.1 Å². The first-order valence-electron chi connectivity index (χ1n) is 11.8. The number of aromatic nitrogens is 3. The molecule has 4 rings (SSSR count). The van der Waals surface area contributed by atoms with E-state index in [1.807, 2.05) is 20.9 Å². The molecule has 0 radical (unpaired) electrons. The average molecular weight is 446 g/mol. The molecule has 174 valence electrons. The van der Waals surface area contributed by atoms with Gasteiger partial charge in [-0.3, -0.25) is 0 Å². The van der Waals surface area contributed by atoms with Crippen molar-refractivity contribution in [2.24, 2.45) is 0 Å². The zero-order chi connectivity index (χ0) is 23.6. The molecule has 0 atom stereocenters. The second-order valence-corrected chi connectivity index (χ2v) is 9.60. The van der Waals surface area contributed by atoms with Crippen molar-refractivity contribution >= 4 is 27.8 Å². The number of fused-ring (bicyclic) bond motifs is 3. The maximum Gasteiger partial charge on any atom is 0.152 e. The lowest BCUT2D eigenvalue weighted by atomic mass is 10.0. The van der Waals surface area contributed by atoms with Crippen LogP contribution in [0.2, 0.25) is 0 Å². The number of aliphatic hydroxyl groups is 1. The number of benzene rings is 2. The van der Waals surface area contributed by atoms with Crippen LogP contribution in [0.4, 0.5) is 5.82 Å². The summed E-state index contributed by atoms with van der Waals surface area (Å²) in [4.78, 5) is 9.57. The lowest BCUT2D eigenvalue weighted by Gasteiger charge is -2.21. The Hall–Kier alpha value is -2.96. The van der Waals surface area contributed by atoms with E-state index in [2.05, 4.69) is 59.3 Å². The van der Waals surface area contributed by atoms with Crippen LogP contribution >= 0.6 is 0 Å². The minimum absolute atomic E-state index is 0.443. The van der Waals surface area contributed by atoms with E-state index in [1.54, 1.807) is 0 Å². The lowest BCUT2D eigenvalue weighted by Crippen LogP contribution is -2.27. The molecule has 4 aromatic rings. The number of nitrogens with zero attached hydrogens (tertiary/aromatic N) is 3. The maximum absolute atomic E-state index is 10.6. The number of anilines is 1. The molecule has 0 aliphatic carbocycles. The zero-order valence-electron chi connectivity index (χ0n) is 20.2. The summed E-state index contributed by atoms with van der Waals surface area (Å²) in [6.07, 6.45) is 3.80. The van der Waals surface area contributed by atoms with Crippen LogP contribution in [0.5, 0.6) is 0 Å². The largest absolute Gasteiger partial charge is 0.389 e. The number of unbranched alkanes of at least 4 members (excludes halogenated alkanes) is 1. The van der Waals surface area contributed by atoms with Crippen LogP contribution in [0.3, 0.4) is 0 Å². The highest BCUT2D eigenvalue weighted by Gasteiger charge is 2.22. The number of pyridine rings is 1. The molecule has 0 amide bonds. The highest BCUT2D eigenvalue weighted by Crippen LogP contribution is 2.31. The summed E-state index contributed by atoms with van der Waals surface area (Å²) in [5.74, 6) is 1.40. The van der Waals surface area contributed by atoms with E-state index in [0.29, 0.717) is 12.4 Å². The number of nitrogens with one attached hydrogen (secondary N) is 1. The van der Waals surface area contributed by atoms with Gasteiger partial charge in [-0.25, -0.2) is 9.97 Å². The van der Waals surface area contributed by atoms with E-state index in [1.165, 1.54) is 16.7 Å². The molecule has 4 N–H and O–H groups in total. The summed E-state index contributed by atoms with van der Waals surface area (Å²) >= 11 is 0. The SMILES string of the molecule is CCCCc1nc2c(N)nc3cc(Cc4cccc(CNC)c4)ccc3c2n1CC(C)(C)O. The van der Waals surface area contributed by atoms with Crippen molar-refractivity contribution in [3.63, 3.8) is 0 Å². The molecule has 2 aromatic carbocycles. The standard InChI is InChI=1S/C27H35N5O/c1-5-6-10-23-31-24-25(32(23)17-27(2,3)33)21-12-11-19(15-22(21)30-26(24)28)13-18-8-7-9-20(14-18)16-29-4/h7-9,11-12,14-15,29,33H,5-6,10,13,16-17H2,1-4H3,(H2,28,30). The first-order valence-corrected chi connectivity index (χ1v) is 11.8. The van der Waals surface area contributed by atoms with Gasteiger partial charge in [-0.15, -0.1) is 0 Å². The van der Waals surface area contributed by atoms with Gasteiger partial charge in [-0.2, -0.15) is 0 Å². The molecule has 0 saturated heterocycles. The normalized spacial score (nSPS) is 12.2. The number of aryl methyl sites for hydroxylation is 1. The zero-order valence-corrected chi connectivity index (χ0v) is 20.2. The molecular formula is C27H35N5O. The molecule has 2 aromatic heterocycles. The summed E-state index contributed by atoms with van der Waals surface area (Å²) in [5, 5.41) is 14.8. The van der Waals surface area contributed by atoms with Gasteiger partial charge in [-0.1, -0.05) is 49.7 Å². The predicted octanol–water partition coefficient (Wildman–Crippen LogP) is 4.59. The molecule has 0 aliphatic rings. The minimum Gasteiger partial charge on any atom is -0.389 e. The molecule has 0 bridgehead atoms. The van der Waals surface area contributed by atoms with Crippen LogP contribution in [0, 0.1) is 0 Å². The highest BCUT2D eigenvalue weighted by molar-refractivity contribution is 6.06. The third-order valence-corrected chi connectivity index (χ3v) is 5.93. The number of nitrogen functional groups attached to an aromatic ring is 1. The van der Waals surface area contributed by atoms with E-state index in [9.17, 15) is 5.11 Å². The van der Waals surface area contributed by atoms with Crippen molar-refractivity contribution in [3.05, 3.63) is 65.0 Å². The van der Waals surface area contributed by atoms with E-state index in [4.69, 9.17) is 15.7 Å². The van der Waals surface area contributed by atoms with E-state index in [0.717, 1.165) is 60.0 Å². The Morgan fingerprint density at radius 1 is 1.06 bits per heavy atom. The van der Waals surface area contributed by atoms with Crippen LogP contribution in [-0.4, -0.2) is 32.3 Å². The third kappa shape index (κ3) is 5.18. The Balaban J connectivity index is 1.80. The molecule has 0 saturated carbocycles. The summed E-state index contributed by atoms with van der Waals surface area (Å²) in [7, 11) is 1.96. The lowest BCUT2D eigenvalue weighted by molar-refractivity contribution is 0.0618. The molecule has 0 aliphatic heterocycles. The summed E-state index contributed by atoms with van der Waals surface area (Å²) < 4.78 is 2.15. The van der Waals surface area contributed by atoms with Crippen LogP contribution in [0.15, 0.2) is 42.5 Å². The smallest absolute Gasteiger partial charge is 0.152 e. The molecule has 2 heterocycles. The molecule has 0 spiro atoms. The number of hydrogen-bond donors (Lipinski definition) is 3. The Morgan fingerprint density at radius 3 is 2.55 bits per heavy atom. The number of hydrogen-bond acceptors (Lipinski definition) is 5. The van der Waals surface area contributed by atoms with Gasteiger partial charge in [0.2, 0.25) is 0 Å². The quantitative estimate of drug-likeness (QED) is 0.351. The topological polar surface area (TPSA) is 89.0 Å². The highest BCUT2D eigenvalue weighted by atomic mass is 16.3. The fraction of sp³-hybridized carbons (Fsp3) is 0.407.